The van der Waals surface area contributed by atoms with E-state index >= 15 is 0 Å². The number of rotatable bonds is 6. The molecule has 3 aromatic rings. The maximum atomic E-state index is 10.8. The molecule has 108 valence electrons. The summed E-state index contributed by atoms with van der Waals surface area (Å²) in [6.07, 6.45) is 2.40. The van der Waals surface area contributed by atoms with Crippen molar-refractivity contribution in [1.82, 2.24) is 9.55 Å². The monoisotopic (exact) mass is 302 g/mol. The topological polar surface area (TPSA) is 68.3 Å². The van der Waals surface area contributed by atoms with E-state index in [4.69, 9.17) is 9.52 Å². The largest absolute Gasteiger partial charge is 0.481 e. The highest BCUT2D eigenvalue weighted by Gasteiger charge is 2.12. The van der Waals surface area contributed by atoms with Crippen LogP contribution in [0.2, 0.25) is 0 Å². The van der Waals surface area contributed by atoms with Crippen LogP contribution < -0.4 is 0 Å². The van der Waals surface area contributed by atoms with Gasteiger partial charge < -0.3 is 14.1 Å². The smallest absolute Gasteiger partial charge is 0.313 e. The van der Waals surface area contributed by atoms with Gasteiger partial charge in [-0.1, -0.05) is 23.9 Å². The molecule has 1 N–H and O–H groups in total. The first kappa shape index (κ1) is 13.8. The number of fused-ring (bicyclic) bond motifs is 1. The van der Waals surface area contributed by atoms with Crippen LogP contribution in [-0.2, 0) is 17.8 Å². The number of nitrogens with zero attached hydrogens (tertiary/aromatic N) is 2. The van der Waals surface area contributed by atoms with E-state index in [2.05, 4.69) is 4.98 Å². The molecule has 0 bridgehead atoms. The van der Waals surface area contributed by atoms with Crippen LogP contribution in [0.5, 0.6) is 0 Å². The van der Waals surface area contributed by atoms with E-state index in [1.54, 1.807) is 6.26 Å². The van der Waals surface area contributed by atoms with Gasteiger partial charge in [-0.3, -0.25) is 4.79 Å². The number of hydrogen-bond acceptors (Lipinski definition) is 4. The summed E-state index contributed by atoms with van der Waals surface area (Å²) in [5, 5.41) is 9.57. The lowest BCUT2D eigenvalue weighted by Gasteiger charge is -2.07. The van der Waals surface area contributed by atoms with Crippen LogP contribution in [0.1, 0.15) is 5.76 Å². The average Bonchev–Trinajstić information content (AvgIpc) is 3.10. The molecule has 0 saturated carbocycles. The van der Waals surface area contributed by atoms with Gasteiger partial charge in [-0.25, -0.2) is 4.98 Å². The number of thioether (sulfide) groups is 1. The van der Waals surface area contributed by atoms with Crippen molar-refractivity contribution in [2.24, 2.45) is 0 Å². The molecule has 21 heavy (non-hydrogen) atoms. The third-order valence-electron chi connectivity index (χ3n) is 3.11. The number of aryl methyl sites for hydroxylation is 2. The number of furan rings is 1. The van der Waals surface area contributed by atoms with Gasteiger partial charge in [-0.2, -0.15) is 0 Å². The fraction of sp³-hybridized carbons (Fsp3) is 0.200. The Morgan fingerprint density at radius 3 is 2.90 bits per heavy atom. The molecule has 0 amide bonds. The second-order valence-electron chi connectivity index (χ2n) is 4.55. The van der Waals surface area contributed by atoms with Gasteiger partial charge in [0.25, 0.3) is 0 Å². The standard InChI is InChI=1S/C15H14N2O3S/c18-14(19)10-21-15-16-12-5-1-2-6-13(12)17(15)8-7-11-4-3-9-20-11/h1-6,9H,7-8,10H2,(H,18,19). The fourth-order valence-corrected chi connectivity index (χ4v) is 2.94. The first-order chi connectivity index (χ1) is 10.2. The van der Waals surface area contributed by atoms with Crippen LogP contribution in [0.4, 0.5) is 0 Å². The van der Waals surface area contributed by atoms with E-state index in [1.165, 1.54) is 11.8 Å². The van der Waals surface area contributed by atoms with Crippen molar-refractivity contribution >= 4 is 28.8 Å². The molecule has 0 unspecified atom stereocenters. The van der Waals surface area contributed by atoms with Gasteiger partial charge in [-0.15, -0.1) is 0 Å². The highest BCUT2D eigenvalue weighted by molar-refractivity contribution is 7.99. The maximum Gasteiger partial charge on any atom is 0.313 e. The molecule has 0 fully saturated rings. The van der Waals surface area contributed by atoms with E-state index in [0.29, 0.717) is 6.54 Å². The minimum atomic E-state index is -0.843. The Labute approximate surface area is 125 Å². The van der Waals surface area contributed by atoms with Gasteiger partial charge in [0.2, 0.25) is 0 Å². The summed E-state index contributed by atoms with van der Waals surface area (Å²) >= 11 is 1.24. The van der Waals surface area contributed by atoms with E-state index in [9.17, 15) is 4.79 Å². The van der Waals surface area contributed by atoms with E-state index < -0.39 is 5.97 Å². The van der Waals surface area contributed by atoms with Gasteiger partial charge in [0, 0.05) is 13.0 Å². The molecule has 3 rings (SSSR count). The molecule has 2 aromatic heterocycles. The van der Waals surface area contributed by atoms with Crippen molar-refractivity contribution in [3.63, 3.8) is 0 Å². The number of para-hydroxylation sites is 2. The number of aliphatic carboxylic acids is 1. The van der Waals surface area contributed by atoms with Crippen LogP contribution in [-0.4, -0.2) is 26.4 Å². The highest BCUT2D eigenvalue weighted by Crippen LogP contribution is 2.24. The molecule has 0 atom stereocenters. The van der Waals surface area contributed by atoms with Crippen molar-refractivity contribution in [3.8, 4) is 0 Å². The van der Waals surface area contributed by atoms with Crippen molar-refractivity contribution in [2.45, 2.75) is 18.1 Å². The summed E-state index contributed by atoms with van der Waals surface area (Å²) in [7, 11) is 0. The normalized spacial score (nSPS) is 11.0. The van der Waals surface area contributed by atoms with Crippen molar-refractivity contribution in [1.29, 1.82) is 0 Å². The molecule has 0 aliphatic carbocycles. The molecule has 5 nitrogen and oxygen atoms in total. The lowest BCUT2D eigenvalue weighted by molar-refractivity contribution is -0.133. The highest BCUT2D eigenvalue weighted by atomic mass is 32.2. The minimum absolute atomic E-state index is 0.00404. The molecule has 0 saturated heterocycles. The Bertz CT molecular complexity index is 749. The third-order valence-corrected chi connectivity index (χ3v) is 4.07. The summed E-state index contributed by atoms with van der Waals surface area (Å²) in [4.78, 5) is 15.3. The maximum absolute atomic E-state index is 10.8. The number of benzene rings is 1. The lowest BCUT2D eigenvalue weighted by Crippen LogP contribution is -2.05. The SMILES string of the molecule is O=C(O)CSc1nc2ccccc2n1CCc1ccco1. The predicted molar refractivity (Wildman–Crippen MR) is 80.5 cm³/mol. The van der Waals surface area contributed by atoms with E-state index in [0.717, 1.165) is 28.4 Å². The summed E-state index contributed by atoms with van der Waals surface area (Å²) in [5.74, 6) is 0.0657. The van der Waals surface area contributed by atoms with Crippen LogP contribution in [0, 0.1) is 0 Å². The van der Waals surface area contributed by atoms with Crippen LogP contribution in [0.3, 0.4) is 0 Å². The molecule has 2 heterocycles. The van der Waals surface area contributed by atoms with Crippen LogP contribution >= 0.6 is 11.8 Å². The first-order valence-corrected chi connectivity index (χ1v) is 7.55. The second-order valence-corrected chi connectivity index (χ2v) is 5.49. The second kappa shape index (κ2) is 6.05. The van der Waals surface area contributed by atoms with E-state index in [1.807, 2.05) is 41.0 Å². The van der Waals surface area contributed by atoms with Crippen LogP contribution in [0.15, 0.2) is 52.2 Å². The number of carboxylic acid groups (broad SMARTS) is 1. The lowest BCUT2D eigenvalue weighted by atomic mass is 10.3. The van der Waals surface area contributed by atoms with Crippen molar-refractivity contribution in [2.75, 3.05) is 5.75 Å². The summed E-state index contributed by atoms with van der Waals surface area (Å²) in [6.45, 7) is 0.704. The fourth-order valence-electron chi connectivity index (χ4n) is 2.18. The molecule has 0 aliphatic heterocycles. The molecule has 0 aliphatic rings. The average molecular weight is 302 g/mol. The minimum Gasteiger partial charge on any atom is -0.481 e. The molecule has 0 spiro atoms. The number of carboxylic acids is 1. The number of imidazole rings is 1. The van der Waals surface area contributed by atoms with Crippen molar-refractivity contribution < 1.29 is 14.3 Å². The quantitative estimate of drug-likeness (QED) is 0.709. The Balaban J connectivity index is 1.89. The van der Waals surface area contributed by atoms with Crippen LogP contribution in [0.25, 0.3) is 11.0 Å². The Kier molecular flexibility index (Phi) is 3.96. The van der Waals surface area contributed by atoms with Gasteiger partial charge in [0.1, 0.15) is 5.76 Å². The molecular formula is C15H14N2O3S. The Morgan fingerprint density at radius 2 is 2.14 bits per heavy atom. The predicted octanol–water partition coefficient (Wildman–Crippen LogP) is 3.05. The number of hydrogen-bond donors (Lipinski definition) is 1. The summed E-state index contributed by atoms with van der Waals surface area (Å²) in [6, 6.07) is 11.6. The zero-order chi connectivity index (χ0) is 14.7. The zero-order valence-electron chi connectivity index (χ0n) is 11.2. The Morgan fingerprint density at radius 1 is 1.29 bits per heavy atom. The van der Waals surface area contributed by atoms with Gasteiger partial charge in [-0.05, 0) is 24.3 Å². The summed E-state index contributed by atoms with van der Waals surface area (Å²) in [5.41, 5.74) is 1.89. The third kappa shape index (κ3) is 3.11. The van der Waals surface area contributed by atoms with Gasteiger partial charge in [0.05, 0.1) is 23.0 Å². The summed E-state index contributed by atoms with van der Waals surface area (Å²) < 4.78 is 7.39. The number of carbonyl (C=O) groups is 1. The molecule has 6 heteroatoms. The first-order valence-electron chi connectivity index (χ1n) is 6.56. The number of aromatic nitrogens is 2. The van der Waals surface area contributed by atoms with Crippen molar-refractivity contribution in [3.05, 3.63) is 48.4 Å². The van der Waals surface area contributed by atoms with Gasteiger partial charge in [0.15, 0.2) is 5.16 Å². The Hall–Kier alpha value is -2.21. The zero-order valence-corrected chi connectivity index (χ0v) is 12.0. The van der Waals surface area contributed by atoms with Gasteiger partial charge >= 0.3 is 5.97 Å². The molecule has 0 radical (unpaired) electrons. The molecular weight excluding hydrogens is 288 g/mol. The van der Waals surface area contributed by atoms with E-state index in [-0.39, 0.29) is 5.75 Å². The molecule has 1 aromatic carbocycles.